The molecular formula is C19H31N3O. The van der Waals surface area contributed by atoms with Crippen LogP contribution in [0.2, 0.25) is 0 Å². The van der Waals surface area contributed by atoms with Gasteiger partial charge >= 0.3 is 0 Å². The molecule has 0 aliphatic carbocycles. The van der Waals surface area contributed by atoms with E-state index in [9.17, 15) is 4.79 Å². The average molecular weight is 317 g/mol. The molecule has 0 bridgehead atoms. The third-order valence-corrected chi connectivity index (χ3v) is 4.60. The molecule has 0 radical (unpaired) electrons. The van der Waals surface area contributed by atoms with Crippen molar-refractivity contribution in [1.82, 2.24) is 9.80 Å². The molecular weight excluding hydrogens is 286 g/mol. The van der Waals surface area contributed by atoms with Crippen LogP contribution in [0.3, 0.4) is 0 Å². The monoisotopic (exact) mass is 317 g/mol. The summed E-state index contributed by atoms with van der Waals surface area (Å²) in [7, 11) is 2.11. The van der Waals surface area contributed by atoms with Crippen molar-refractivity contribution in [2.45, 2.75) is 33.1 Å². The van der Waals surface area contributed by atoms with E-state index in [0.29, 0.717) is 12.3 Å². The minimum Gasteiger partial charge on any atom is -0.368 e. The lowest BCUT2D eigenvalue weighted by atomic mass is 10.2. The zero-order chi connectivity index (χ0) is 16.7. The largest absolute Gasteiger partial charge is 0.368 e. The van der Waals surface area contributed by atoms with Crippen LogP contribution in [0, 0.1) is 6.92 Å². The minimum absolute atomic E-state index is 0.303. The Hall–Kier alpha value is -1.55. The molecule has 4 nitrogen and oxygen atoms in total. The highest BCUT2D eigenvalue weighted by Crippen LogP contribution is 2.18. The van der Waals surface area contributed by atoms with Gasteiger partial charge in [0.2, 0.25) is 5.91 Å². The normalized spacial score (nSPS) is 15.3. The highest BCUT2D eigenvalue weighted by atomic mass is 16.2. The van der Waals surface area contributed by atoms with Crippen molar-refractivity contribution in [3.63, 3.8) is 0 Å². The van der Waals surface area contributed by atoms with E-state index in [1.165, 1.54) is 24.1 Å². The van der Waals surface area contributed by atoms with E-state index in [4.69, 9.17) is 0 Å². The summed E-state index contributed by atoms with van der Waals surface area (Å²) < 4.78 is 0. The summed E-state index contributed by atoms with van der Waals surface area (Å²) in [6.45, 7) is 9.82. The molecule has 1 aromatic rings. The van der Waals surface area contributed by atoms with Crippen molar-refractivity contribution in [3.8, 4) is 0 Å². The second-order valence-electron chi connectivity index (χ2n) is 6.61. The first-order valence-electron chi connectivity index (χ1n) is 8.88. The summed E-state index contributed by atoms with van der Waals surface area (Å²) >= 11 is 0. The van der Waals surface area contributed by atoms with Crippen molar-refractivity contribution in [1.29, 1.82) is 0 Å². The van der Waals surface area contributed by atoms with Crippen LogP contribution < -0.4 is 4.90 Å². The lowest BCUT2D eigenvalue weighted by molar-refractivity contribution is -0.131. The Morgan fingerprint density at radius 1 is 1.17 bits per heavy atom. The number of carbonyl (C=O) groups is 1. The smallest absolute Gasteiger partial charge is 0.223 e. The minimum atomic E-state index is 0.303. The van der Waals surface area contributed by atoms with E-state index in [2.05, 4.69) is 55.0 Å². The van der Waals surface area contributed by atoms with E-state index >= 15 is 0 Å². The van der Waals surface area contributed by atoms with E-state index < -0.39 is 0 Å². The molecule has 0 spiro atoms. The maximum absolute atomic E-state index is 12.4. The lowest BCUT2D eigenvalue weighted by Gasteiger charge is -2.36. The van der Waals surface area contributed by atoms with Gasteiger partial charge in [0.15, 0.2) is 0 Å². The number of hydrogen-bond acceptors (Lipinski definition) is 3. The van der Waals surface area contributed by atoms with Crippen LogP contribution in [0.1, 0.15) is 31.7 Å². The molecule has 0 unspecified atom stereocenters. The molecule has 0 aromatic heterocycles. The van der Waals surface area contributed by atoms with E-state index in [-0.39, 0.29) is 0 Å². The SMILES string of the molecule is CCCCN(C)CCC(=O)N1CCN(c2cccc(C)c2)CC1. The summed E-state index contributed by atoms with van der Waals surface area (Å²) in [5.41, 5.74) is 2.56. The molecule has 4 heteroatoms. The van der Waals surface area contributed by atoms with Crippen LogP contribution in [0.15, 0.2) is 24.3 Å². The van der Waals surface area contributed by atoms with Gasteiger partial charge in [0.25, 0.3) is 0 Å². The molecule has 1 aliphatic heterocycles. The maximum atomic E-state index is 12.4. The van der Waals surface area contributed by atoms with Crippen LogP contribution >= 0.6 is 0 Å². The summed E-state index contributed by atoms with van der Waals surface area (Å²) in [4.78, 5) is 19.0. The lowest BCUT2D eigenvalue weighted by Crippen LogP contribution is -2.49. The molecule has 0 N–H and O–H groups in total. The molecule has 1 heterocycles. The molecule has 0 saturated carbocycles. The Kier molecular flexibility index (Phi) is 6.90. The Bertz CT molecular complexity index is 495. The van der Waals surface area contributed by atoms with Gasteiger partial charge in [-0.3, -0.25) is 4.79 Å². The second kappa shape index (κ2) is 8.92. The fraction of sp³-hybridized carbons (Fsp3) is 0.632. The third-order valence-electron chi connectivity index (χ3n) is 4.60. The second-order valence-corrected chi connectivity index (χ2v) is 6.61. The molecule has 0 atom stereocenters. The van der Waals surface area contributed by atoms with Gasteiger partial charge in [-0.1, -0.05) is 25.5 Å². The number of amides is 1. The maximum Gasteiger partial charge on any atom is 0.223 e. The van der Waals surface area contributed by atoms with Crippen LogP contribution in [-0.4, -0.2) is 62.0 Å². The Morgan fingerprint density at radius 3 is 2.57 bits per heavy atom. The van der Waals surface area contributed by atoms with Gasteiger partial charge < -0.3 is 14.7 Å². The number of nitrogens with zero attached hydrogens (tertiary/aromatic N) is 3. The van der Waals surface area contributed by atoms with E-state index in [1.807, 2.05) is 4.90 Å². The zero-order valence-electron chi connectivity index (χ0n) is 14.9. The van der Waals surface area contributed by atoms with Crippen molar-refractivity contribution in [3.05, 3.63) is 29.8 Å². The van der Waals surface area contributed by atoms with Crippen molar-refractivity contribution in [2.24, 2.45) is 0 Å². The van der Waals surface area contributed by atoms with Gasteiger partial charge in [-0.15, -0.1) is 0 Å². The third kappa shape index (κ3) is 5.54. The van der Waals surface area contributed by atoms with Crippen molar-refractivity contribution >= 4 is 11.6 Å². The molecule has 1 fully saturated rings. The molecule has 1 amide bonds. The first-order valence-corrected chi connectivity index (χ1v) is 8.88. The zero-order valence-corrected chi connectivity index (χ0v) is 14.9. The van der Waals surface area contributed by atoms with Crippen LogP contribution in [0.25, 0.3) is 0 Å². The molecule has 23 heavy (non-hydrogen) atoms. The Labute approximate surface area is 141 Å². The summed E-state index contributed by atoms with van der Waals surface area (Å²) in [5.74, 6) is 0.303. The standard InChI is InChI=1S/C19H31N3O/c1-4-5-10-20(3)11-9-19(23)22-14-12-21(13-15-22)18-8-6-7-17(2)16-18/h6-8,16H,4-5,9-15H2,1-3H3. The predicted molar refractivity (Wildman–Crippen MR) is 97.0 cm³/mol. The molecule has 1 aromatic carbocycles. The first kappa shape index (κ1) is 17.8. The Balaban J connectivity index is 1.74. The van der Waals surface area contributed by atoms with Gasteiger partial charge in [-0.05, 0) is 44.6 Å². The number of carbonyl (C=O) groups excluding carboxylic acids is 1. The molecule has 1 saturated heterocycles. The summed E-state index contributed by atoms with van der Waals surface area (Å²) in [5, 5.41) is 0. The highest BCUT2D eigenvalue weighted by molar-refractivity contribution is 5.76. The number of benzene rings is 1. The van der Waals surface area contributed by atoms with Gasteiger partial charge in [0.05, 0.1) is 0 Å². The number of aryl methyl sites for hydroxylation is 1. The van der Waals surface area contributed by atoms with Gasteiger partial charge in [-0.2, -0.15) is 0 Å². The van der Waals surface area contributed by atoms with Crippen molar-refractivity contribution in [2.75, 3.05) is 51.2 Å². The quantitative estimate of drug-likeness (QED) is 0.774. The van der Waals surface area contributed by atoms with Crippen LogP contribution in [0.5, 0.6) is 0 Å². The predicted octanol–water partition coefficient (Wildman–Crippen LogP) is 2.77. The topological polar surface area (TPSA) is 26.8 Å². The van der Waals surface area contributed by atoms with Crippen LogP contribution in [-0.2, 0) is 4.79 Å². The molecule has 1 aliphatic rings. The van der Waals surface area contributed by atoms with E-state index in [1.54, 1.807) is 0 Å². The fourth-order valence-corrected chi connectivity index (χ4v) is 3.02. The number of rotatable bonds is 7. The molecule has 128 valence electrons. The van der Waals surface area contributed by atoms with E-state index in [0.717, 1.165) is 39.3 Å². The number of unbranched alkanes of at least 4 members (excludes halogenated alkanes) is 1. The fourth-order valence-electron chi connectivity index (χ4n) is 3.02. The Morgan fingerprint density at radius 2 is 1.91 bits per heavy atom. The number of piperazine rings is 1. The highest BCUT2D eigenvalue weighted by Gasteiger charge is 2.21. The van der Waals surface area contributed by atoms with Crippen molar-refractivity contribution < 1.29 is 4.79 Å². The van der Waals surface area contributed by atoms with Crippen LogP contribution in [0.4, 0.5) is 5.69 Å². The van der Waals surface area contributed by atoms with Gasteiger partial charge in [0.1, 0.15) is 0 Å². The number of anilines is 1. The average Bonchev–Trinajstić information content (AvgIpc) is 2.58. The van der Waals surface area contributed by atoms with Gasteiger partial charge in [0, 0.05) is 44.8 Å². The molecule has 2 rings (SSSR count). The van der Waals surface area contributed by atoms with Gasteiger partial charge in [-0.25, -0.2) is 0 Å². The summed E-state index contributed by atoms with van der Waals surface area (Å²) in [6.07, 6.45) is 3.06. The summed E-state index contributed by atoms with van der Waals surface area (Å²) in [6, 6.07) is 8.61. The number of hydrogen-bond donors (Lipinski definition) is 0. The first-order chi connectivity index (χ1) is 11.1.